The first-order chi connectivity index (χ1) is 13.0. The molecular formula is C21H29F2NO3. The largest absolute Gasteiger partial charge is 0.493 e. The van der Waals surface area contributed by atoms with Crippen LogP contribution in [0.15, 0.2) is 18.2 Å². The Balaban J connectivity index is 1.36. The fourth-order valence-corrected chi connectivity index (χ4v) is 4.87. The van der Waals surface area contributed by atoms with Crippen molar-refractivity contribution in [3.05, 3.63) is 23.8 Å². The number of benzene rings is 1. The van der Waals surface area contributed by atoms with Crippen LogP contribution in [0, 0.1) is 17.8 Å². The fourth-order valence-electron chi connectivity index (χ4n) is 4.87. The summed E-state index contributed by atoms with van der Waals surface area (Å²) in [6.07, 6.45) is 3.29. The Hall–Kier alpha value is -1.40. The predicted octanol–water partition coefficient (Wildman–Crippen LogP) is 3.98. The minimum Gasteiger partial charge on any atom is -0.493 e. The van der Waals surface area contributed by atoms with Gasteiger partial charge in [0.2, 0.25) is 0 Å². The van der Waals surface area contributed by atoms with Crippen molar-refractivity contribution < 1.29 is 23.0 Å². The number of likely N-dealkylation sites (tertiary alicyclic amines) is 1. The minimum atomic E-state index is -2.48. The zero-order chi connectivity index (χ0) is 19.0. The zero-order valence-corrected chi connectivity index (χ0v) is 16.1. The smallest absolute Gasteiger partial charge is 0.251 e. The van der Waals surface area contributed by atoms with Gasteiger partial charge in [0.15, 0.2) is 11.5 Å². The van der Waals surface area contributed by atoms with Crippen molar-refractivity contribution in [2.75, 3.05) is 33.9 Å². The summed E-state index contributed by atoms with van der Waals surface area (Å²) in [6.45, 7) is 3.29. The normalized spacial score (nSPS) is 31.7. The summed E-state index contributed by atoms with van der Waals surface area (Å²) in [5, 5.41) is 0. The Bertz CT molecular complexity index is 655. The lowest BCUT2D eigenvalue weighted by molar-refractivity contribution is -0.0180. The Kier molecular flexibility index (Phi) is 5.30. The summed E-state index contributed by atoms with van der Waals surface area (Å²) in [4.78, 5) is 2.49. The standard InChI is InChI=1S/C21H29F2NO3/c1-25-18-6-3-14(9-19(18)27-8-7-17-10-21(17,22)23)11-24-12-15-4-5-16(13-24)20(15)26-2/h3,6,9,15-17,20H,4-5,7-8,10-13H2,1-2H3/t15-,16+,17?,20?. The van der Waals surface area contributed by atoms with Crippen molar-refractivity contribution in [2.45, 2.75) is 44.3 Å². The van der Waals surface area contributed by atoms with Crippen molar-refractivity contribution in [3.63, 3.8) is 0 Å². The molecule has 2 saturated carbocycles. The molecule has 4 nitrogen and oxygen atoms in total. The number of nitrogens with zero attached hydrogens (tertiary/aromatic N) is 1. The fraction of sp³-hybridized carbons (Fsp3) is 0.714. The first-order valence-electron chi connectivity index (χ1n) is 9.93. The van der Waals surface area contributed by atoms with Crippen LogP contribution in [0.5, 0.6) is 11.5 Å². The topological polar surface area (TPSA) is 30.9 Å². The highest BCUT2D eigenvalue weighted by Crippen LogP contribution is 2.50. The van der Waals surface area contributed by atoms with Crippen molar-refractivity contribution in [1.82, 2.24) is 4.90 Å². The van der Waals surface area contributed by atoms with E-state index in [4.69, 9.17) is 14.2 Å². The van der Waals surface area contributed by atoms with E-state index in [2.05, 4.69) is 11.0 Å². The molecule has 4 atom stereocenters. The molecule has 1 saturated heterocycles. The molecular weight excluding hydrogens is 352 g/mol. The first-order valence-corrected chi connectivity index (χ1v) is 9.93. The van der Waals surface area contributed by atoms with Crippen LogP contribution >= 0.6 is 0 Å². The molecule has 0 aromatic heterocycles. The number of alkyl halides is 2. The molecule has 2 aliphatic carbocycles. The van der Waals surface area contributed by atoms with Gasteiger partial charge in [0.1, 0.15) is 0 Å². The molecule has 2 bridgehead atoms. The highest BCUT2D eigenvalue weighted by atomic mass is 19.3. The number of piperidine rings is 1. The van der Waals surface area contributed by atoms with Crippen molar-refractivity contribution in [3.8, 4) is 11.5 Å². The lowest BCUT2D eigenvalue weighted by Crippen LogP contribution is -2.45. The third kappa shape index (κ3) is 4.06. The molecule has 3 aliphatic rings. The Morgan fingerprint density at radius 2 is 1.81 bits per heavy atom. The van der Waals surface area contributed by atoms with Crippen molar-refractivity contribution in [1.29, 1.82) is 0 Å². The second-order valence-corrected chi connectivity index (χ2v) is 8.28. The van der Waals surface area contributed by atoms with E-state index in [1.807, 2.05) is 19.2 Å². The molecule has 1 aromatic carbocycles. The van der Waals surface area contributed by atoms with Crippen LogP contribution in [0.4, 0.5) is 8.78 Å². The molecule has 150 valence electrons. The van der Waals surface area contributed by atoms with E-state index in [1.54, 1.807) is 7.11 Å². The van der Waals surface area contributed by atoms with E-state index in [9.17, 15) is 8.78 Å². The van der Waals surface area contributed by atoms with Crippen molar-refractivity contribution in [2.24, 2.45) is 17.8 Å². The average Bonchev–Trinajstić information content (AvgIpc) is 3.17. The van der Waals surface area contributed by atoms with E-state index in [0.29, 0.717) is 42.5 Å². The number of halogens is 2. The molecule has 0 N–H and O–H groups in total. The maximum absolute atomic E-state index is 13.0. The summed E-state index contributed by atoms with van der Waals surface area (Å²) in [5.41, 5.74) is 1.16. The highest BCUT2D eigenvalue weighted by Gasteiger charge is 2.56. The third-order valence-corrected chi connectivity index (χ3v) is 6.41. The quantitative estimate of drug-likeness (QED) is 0.682. The van der Waals surface area contributed by atoms with Gasteiger partial charge in [-0.1, -0.05) is 6.07 Å². The number of hydrogen-bond donors (Lipinski definition) is 0. The van der Waals surface area contributed by atoms with Crippen molar-refractivity contribution >= 4 is 0 Å². The summed E-state index contributed by atoms with van der Waals surface area (Å²) < 4.78 is 42.9. The van der Waals surface area contributed by atoms with Gasteiger partial charge >= 0.3 is 0 Å². The molecule has 1 heterocycles. The van der Waals surface area contributed by atoms with Gasteiger partial charge in [-0.05, 0) is 48.8 Å². The molecule has 6 heteroatoms. The van der Waals surface area contributed by atoms with Gasteiger partial charge in [-0.2, -0.15) is 0 Å². The molecule has 1 aromatic rings. The third-order valence-electron chi connectivity index (χ3n) is 6.41. The van der Waals surface area contributed by atoms with Gasteiger partial charge in [0, 0.05) is 39.1 Å². The van der Waals surface area contributed by atoms with Crippen LogP contribution in [-0.4, -0.2) is 50.8 Å². The van der Waals surface area contributed by atoms with Crippen LogP contribution < -0.4 is 9.47 Å². The Morgan fingerprint density at radius 1 is 1.11 bits per heavy atom. The lowest BCUT2D eigenvalue weighted by atomic mass is 9.94. The van der Waals surface area contributed by atoms with E-state index in [0.717, 1.165) is 25.2 Å². The molecule has 3 fully saturated rings. The van der Waals surface area contributed by atoms with Gasteiger partial charge in [0.25, 0.3) is 5.92 Å². The zero-order valence-electron chi connectivity index (χ0n) is 16.1. The maximum Gasteiger partial charge on any atom is 0.251 e. The van der Waals surface area contributed by atoms with Crippen LogP contribution in [0.2, 0.25) is 0 Å². The molecule has 0 spiro atoms. The molecule has 2 unspecified atom stereocenters. The van der Waals surface area contributed by atoms with Gasteiger partial charge < -0.3 is 14.2 Å². The monoisotopic (exact) mass is 381 g/mol. The molecule has 1 aliphatic heterocycles. The van der Waals surface area contributed by atoms with E-state index in [-0.39, 0.29) is 6.42 Å². The average molecular weight is 381 g/mol. The first kappa shape index (κ1) is 18.9. The summed E-state index contributed by atoms with van der Waals surface area (Å²) in [6, 6.07) is 5.96. The number of hydrogen-bond acceptors (Lipinski definition) is 4. The SMILES string of the molecule is COc1ccc(CN2C[C@H]3CC[C@@H](C2)C3OC)cc1OCCC1CC1(F)F. The Morgan fingerprint density at radius 3 is 2.41 bits per heavy atom. The summed E-state index contributed by atoms with van der Waals surface area (Å²) in [7, 11) is 3.43. The molecule has 0 radical (unpaired) electrons. The maximum atomic E-state index is 13.0. The summed E-state index contributed by atoms with van der Waals surface area (Å²) in [5.74, 6) is -0.452. The van der Waals surface area contributed by atoms with Gasteiger partial charge in [-0.25, -0.2) is 8.78 Å². The second-order valence-electron chi connectivity index (χ2n) is 8.28. The molecule has 4 rings (SSSR count). The summed E-state index contributed by atoms with van der Waals surface area (Å²) >= 11 is 0. The number of ether oxygens (including phenoxy) is 3. The lowest BCUT2D eigenvalue weighted by Gasteiger charge is -2.37. The minimum absolute atomic E-state index is 0.00665. The predicted molar refractivity (Wildman–Crippen MR) is 98.4 cm³/mol. The van der Waals surface area contributed by atoms with Crippen LogP contribution in [0.25, 0.3) is 0 Å². The van der Waals surface area contributed by atoms with Gasteiger partial charge in [-0.3, -0.25) is 4.90 Å². The van der Waals surface area contributed by atoms with Gasteiger partial charge in [-0.15, -0.1) is 0 Å². The molecule has 27 heavy (non-hydrogen) atoms. The van der Waals surface area contributed by atoms with E-state index < -0.39 is 11.8 Å². The van der Waals surface area contributed by atoms with E-state index >= 15 is 0 Å². The highest BCUT2D eigenvalue weighted by molar-refractivity contribution is 5.43. The number of rotatable bonds is 8. The number of fused-ring (bicyclic) bond motifs is 2. The van der Waals surface area contributed by atoms with Gasteiger partial charge in [0.05, 0.1) is 19.8 Å². The second kappa shape index (κ2) is 7.55. The van der Waals surface area contributed by atoms with Crippen LogP contribution in [-0.2, 0) is 11.3 Å². The Labute approximate surface area is 159 Å². The molecule has 0 amide bonds. The van der Waals surface area contributed by atoms with Crippen LogP contribution in [0.3, 0.4) is 0 Å². The number of methoxy groups -OCH3 is 2. The van der Waals surface area contributed by atoms with E-state index in [1.165, 1.54) is 12.8 Å². The van der Waals surface area contributed by atoms with Crippen LogP contribution in [0.1, 0.15) is 31.2 Å².